The zero-order valence-electron chi connectivity index (χ0n) is 13.4. The number of likely N-dealkylation sites (tertiary alicyclic amines) is 1. The number of hydrogen-bond donors (Lipinski definition) is 0. The fourth-order valence-corrected chi connectivity index (χ4v) is 2.82. The molecule has 0 saturated carbocycles. The molecule has 0 spiro atoms. The van der Waals surface area contributed by atoms with Crippen molar-refractivity contribution in [3.8, 4) is 5.88 Å². The first-order valence-corrected chi connectivity index (χ1v) is 7.77. The minimum atomic E-state index is -0.0188. The van der Waals surface area contributed by atoms with Gasteiger partial charge in [-0.3, -0.25) is 4.79 Å². The summed E-state index contributed by atoms with van der Waals surface area (Å²) in [7, 11) is 0. The third-order valence-corrected chi connectivity index (χ3v) is 4.10. The fourth-order valence-electron chi connectivity index (χ4n) is 2.82. The van der Waals surface area contributed by atoms with Crippen LogP contribution in [0.25, 0.3) is 0 Å². The van der Waals surface area contributed by atoms with Crippen molar-refractivity contribution in [2.75, 3.05) is 13.1 Å². The van der Waals surface area contributed by atoms with Gasteiger partial charge in [0.2, 0.25) is 11.8 Å². The Morgan fingerprint density at radius 1 is 1.48 bits per heavy atom. The monoisotopic (exact) mass is 316 g/mol. The molecule has 7 heteroatoms. The Balaban J connectivity index is 1.49. The van der Waals surface area contributed by atoms with Gasteiger partial charge in [0.1, 0.15) is 11.9 Å². The second-order valence-electron chi connectivity index (χ2n) is 5.73. The maximum atomic E-state index is 12.4. The van der Waals surface area contributed by atoms with Gasteiger partial charge >= 0.3 is 0 Å². The van der Waals surface area contributed by atoms with E-state index in [0.717, 1.165) is 23.4 Å². The summed E-state index contributed by atoms with van der Waals surface area (Å²) in [5.41, 5.74) is 1.89. The van der Waals surface area contributed by atoms with Crippen molar-refractivity contribution in [3.63, 3.8) is 0 Å². The van der Waals surface area contributed by atoms with Crippen LogP contribution in [0.15, 0.2) is 22.9 Å². The molecule has 1 fully saturated rings. The molecule has 1 saturated heterocycles. The second-order valence-corrected chi connectivity index (χ2v) is 5.73. The highest BCUT2D eigenvalue weighted by molar-refractivity contribution is 5.76. The average molecular weight is 316 g/mol. The van der Waals surface area contributed by atoms with Gasteiger partial charge in [-0.2, -0.15) is 5.10 Å². The van der Waals surface area contributed by atoms with Crippen LogP contribution in [0, 0.1) is 13.8 Å². The molecule has 0 bridgehead atoms. The highest BCUT2D eigenvalue weighted by atomic mass is 16.5. The third kappa shape index (κ3) is 3.67. The van der Waals surface area contributed by atoms with Crippen LogP contribution in [0.5, 0.6) is 5.88 Å². The number of rotatable bonds is 5. The molecule has 7 nitrogen and oxygen atoms in total. The van der Waals surface area contributed by atoms with Crippen LogP contribution < -0.4 is 4.74 Å². The maximum Gasteiger partial charge on any atom is 0.233 e. The van der Waals surface area contributed by atoms with Crippen molar-refractivity contribution in [2.24, 2.45) is 0 Å². The molecule has 1 unspecified atom stereocenters. The molecule has 0 radical (unpaired) electrons. The highest BCUT2D eigenvalue weighted by Gasteiger charge is 2.28. The van der Waals surface area contributed by atoms with Gasteiger partial charge in [-0.25, -0.2) is 0 Å². The van der Waals surface area contributed by atoms with Crippen molar-refractivity contribution in [3.05, 3.63) is 35.3 Å². The van der Waals surface area contributed by atoms with Crippen molar-refractivity contribution in [1.82, 2.24) is 20.3 Å². The maximum absolute atomic E-state index is 12.4. The Hall–Kier alpha value is -2.44. The topological polar surface area (TPSA) is 81.4 Å². The first-order chi connectivity index (χ1) is 11.1. The van der Waals surface area contributed by atoms with Crippen LogP contribution in [0.1, 0.15) is 29.9 Å². The first kappa shape index (κ1) is 15.5. The molecular formula is C16H20N4O3. The second kappa shape index (κ2) is 6.76. The summed E-state index contributed by atoms with van der Waals surface area (Å²) in [5.74, 6) is 1.43. The molecule has 0 aliphatic carbocycles. The van der Waals surface area contributed by atoms with E-state index in [0.29, 0.717) is 31.8 Å². The quantitative estimate of drug-likeness (QED) is 0.835. The predicted octanol–water partition coefficient (Wildman–Crippen LogP) is 1.69. The van der Waals surface area contributed by atoms with Gasteiger partial charge in [0.05, 0.1) is 12.2 Å². The lowest BCUT2D eigenvalue weighted by Crippen LogP contribution is -2.31. The molecule has 122 valence electrons. The smallest absolute Gasteiger partial charge is 0.233 e. The van der Waals surface area contributed by atoms with E-state index in [9.17, 15) is 4.79 Å². The molecule has 2 aromatic rings. The van der Waals surface area contributed by atoms with Crippen molar-refractivity contribution in [1.29, 1.82) is 0 Å². The molecule has 3 rings (SSSR count). The van der Waals surface area contributed by atoms with Crippen LogP contribution in [-0.4, -0.2) is 45.4 Å². The largest absolute Gasteiger partial charge is 0.471 e. The number of nitrogens with zero attached hydrogens (tertiary/aromatic N) is 4. The molecule has 23 heavy (non-hydrogen) atoms. The number of aromatic nitrogens is 3. The van der Waals surface area contributed by atoms with Crippen LogP contribution in [-0.2, 0) is 11.2 Å². The molecule has 1 atom stereocenters. The summed E-state index contributed by atoms with van der Waals surface area (Å²) in [4.78, 5) is 14.2. The predicted molar refractivity (Wildman–Crippen MR) is 81.9 cm³/mol. The summed E-state index contributed by atoms with van der Waals surface area (Å²) in [5, 5.41) is 11.6. The lowest BCUT2D eigenvalue weighted by Gasteiger charge is -2.16. The molecule has 3 heterocycles. The van der Waals surface area contributed by atoms with Gasteiger partial charge in [0, 0.05) is 37.2 Å². The van der Waals surface area contributed by atoms with E-state index in [2.05, 4.69) is 15.4 Å². The summed E-state index contributed by atoms with van der Waals surface area (Å²) < 4.78 is 10.9. The molecule has 1 amide bonds. The van der Waals surface area contributed by atoms with Crippen molar-refractivity contribution < 1.29 is 14.1 Å². The van der Waals surface area contributed by atoms with Crippen LogP contribution in [0.4, 0.5) is 0 Å². The van der Waals surface area contributed by atoms with E-state index in [1.165, 1.54) is 0 Å². The first-order valence-electron chi connectivity index (χ1n) is 7.77. The molecular weight excluding hydrogens is 296 g/mol. The Kier molecular flexibility index (Phi) is 4.55. The van der Waals surface area contributed by atoms with E-state index in [-0.39, 0.29) is 12.0 Å². The van der Waals surface area contributed by atoms with Crippen LogP contribution >= 0.6 is 0 Å². The Labute approximate surface area is 134 Å². The summed E-state index contributed by atoms with van der Waals surface area (Å²) in [6.45, 7) is 5.08. The number of hydrogen-bond acceptors (Lipinski definition) is 6. The third-order valence-electron chi connectivity index (χ3n) is 4.10. The van der Waals surface area contributed by atoms with Gasteiger partial charge in [-0.05, 0) is 26.3 Å². The number of carbonyl (C=O) groups is 1. The molecule has 0 N–H and O–H groups in total. The minimum absolute atomic E-state index is 0.0188. The Bertz CT molecular complexity index is 652. The van der Waals surface area contributed by atoms with Crippen molar-refractivity contribution in [2.45, 2.75) is 39.2 Å². The standard InChI is InChI=1S/C16H20N4O3/c1-11-14(12(2)23-19-11)5-6-16(21)20-9-7-13(10-20)22-15-4-3-8-17-18-15/h3-4,8,13H,5-7,9-10H2,1-2H3. The zero-order valence-corrected chi connectivity index (χ0v) is 13.4. The molecule has 0 aromatic carbocycles. The number of amides is 1. The molecule has 1 aliphatic rings. The molecule has 1 aliphatic heterocycles. The van der Waals surface area contributed by atoms with Gasteiger partial charge < -0.3 is 14.2 Å². The van der Waals surface area contributed by atoms with Crippen LogP contribution in [0.3, 0.4) is 0 Å². The Morgan fingerprint density at radius 3 is 3.04 bits per heavy atom. The van der Waals surface area contributed by atoms with Gasteiger partial charge in [0.25, 0.3) is 0 Å². The summed E-state index contributed by atoms with van der Waals surface area (Å²) in [6.07, 6.45) is 3.52. The molecule has 2 aromatic heterocycles. The lowest BCUT2D eigenvalue weighted by molar-refractivity contribution is -0.130. The van der Waals surface area contributed by atoms with E-state index < -0.39 is 0 Å². The average Bonchev–Trinajstić information content (AvgIpc) is 3.14. The number of ether oxygens (including phenoxy) is 1. The lowest BCUT2D eigenvalue weighted by atomic mass is 10.1. The number of aryl methyl sites for hydroxylation is 2. The fraction of sp³-hybridized carbons (Fsp3) is 0.500. The van der Waals surface area contributed by atoms with Gasteiger partial charge in [-0.1, -0.05) is 5.16 Å². The number of carbonyl (C=O) groups excluding carboxylic acids is 1. The summed E-state index contributed by atoms with van der Waals surface area (Å²) >= 11 is 0. The normalized spacial score (nSPS) is 17.5. The van der Waals surface area contributed by atoms with Crippen molar-refractivity contribution >= 4 is 5.91 Å². The zero-order chi connectivity index (χ0) is 16.2. The summed E-state index contributed by atoms with van der Waals surface area (Å²) in [6, 6.07) is 3.55. The highest BCUT2D eigenvalue weighted by Crippen LogP contribution is 2.19. The van der Waals surface area contributed by atoms with Gasteiger partial charge in [-0.15, -0.1) is 5.10 Å². The van der Waals surface area contributed by atoms with E-state index in [1.807, 2.05) is 18.7 Å². The van der Waals surface area contributed by atoms with E-state index >= 15 is 0 Å². The van der Waals surface area contributed by atoms with E-state index in [4.69, 9.17) is 9.26 Å². The van der Waals surface area contributed by atoms with Crippen LogP contribution in [0.2, 0.25) is 0 Å². The minimum Gasteiger partial charge on any atom is -0.471 e. The van der Waals surface area contributed by atoms with E-state index in [1.54, 1.807) is 18.3 Å². The Morgan fingerprint density at radius 2 is 2.35 bits per heavy atom. The van der Waals surface area contributed by atoms with Gasteiger partial charge in [0.15, 0.2) is 0 Å². The SMILES string of the molecule is Cc1noc(C)c1CCC(=O)N1CCC(Oc2cccnn2)C1.